The summed E-state index contributed by atoms with van der Waals surface area (Å²) >= 11 is 0. The van der Waals surface area contributed by atoms with Crippen LogP contribution in [0.2, 0.25) is 0 Å². The van der Waals surface area contributed by atoms with Crippen LogP contribution in [0.25, 0.3) is 0 Å². The molecule has 4 atom stereocenters. The SMILES string of the molecule is O=C(NCc1ccco1)[C@@H]1CN2CC[C@@H]1C[C@@H]2Cn1cc(CCO)nn1. The lowest BCUT2D eigenvalue weighted by molar-refractivity contribution is -0.133. The molecular formula is C18H25N5O3. The molecule has 8 heteroatoms. The Bertz CT molecular complexity index is 729. The number of piperidine rings is 3. The summed E-state index contributed by atoms with van der Waals surface area (Å²) in [6.45, 7) is 3.17. The van der Waals surface area contributed by atoms with Crippen molar-refractivity contribution in [1.29, 1.82) is 0 Å². The molecule has 0 aromatic carbocycles. The van der Waals surface area contributed by atoms with Crippen LogP contribution in [0.15, 0.2) is 29.0 Å². The van der Waals surface area contributed by atoms with E-state index in [1.54, 1.807) is 6.26 Å². The van der Waals surface area contributed by atoms with Crippen molar-refractivity contribution in [3.8, 4) is 0 Å². The van der Waals surface area contributed by atoms with Crippen molar-refractivity contribution >= 4 is 5.91 Å². The first-order valence-electron chi connectivity index (χ1n) is 9.27. The van der Waals surface area contributed by atoms with Gasteiger partial charge in [-0.15, -0.1) is 5.10 Å². The minimum Gasteiger partial charge on any atom is -0.467 e. The molecular weight excluding hydrogens is 334 g/mol. The fourth-order valence-corrected chi connectivity index (χ4v) is 4.22. The van der Waals surface area contributed by atoms with E-state index in [-0.39, 0.29) is 18.4 Å². The molecule has 0 spiro atoms. The second-order valence-electron chi connectivity index (χ2n) is 7.24. The standard InChI is InChI=1S/C18H25N5O3/c24-6-4-14-10-23(21-20-14)11-15-8-13-3-5-22(15)12-17(13)18(25)19-9-16-2-1-7-26-16/h1-2,7,10,13,15,17,24H,3-6,8-9,11-12H2,(H,19,25)/t13-,15-,17-/m1/s1. The lowest BCUT2D eigenvalue weighted by Gasteiger charge is -2.49. The third-order valence-electron chi connectivity index (χ3n) is 5.58. The summed E-state index contributed by atoms with van der Waals surface area (Å²) in [5, 5.41) is 20.3. The van der Waals surface area contributed by atoms with Crippen molar-refractivity contribution in [2.24, 2.45) is 11.8 Å². The fourth-order valence-electron chi connectivity index (χ4n) is 4.22. The van der Waals surface area contributed by atoms with E-state index in [4.69, 9.17) is 9.52 Å². The fraction of sp³-hybridized carbons (Fsp3) is 0.611. The number of aliphatic hydroxyl groups is 1. The molecule has 5 heterocycles. The van der Waals surface area contributed by atoms with Crippen molar-refractivity contribution < 1.29 is 14.3 Å². The van der Waals surface area contributed by atoms with E-state index < -0.39 is 0 Å². The van der Waals surface area contributed by atoms with Crippen LogP contribution in [-0.2, 0) is 24.3 Å². The first kappa shape index (κ1) is 17.2. The smallest absolute Gasteiger partial charge is 0.225 e. The molecule has 26 heavy (non-hydrogen) atoms. The van der Waals surface area contributed by atoms with E-state index >= 15 is 0 Å². The molecule has 3 saturated heterocycles. The van der Waals surface area contributed by atoms with Crippen LogP contribution in [0.5, 0.6) is 0 Å². The quantitative estimate of drug-likeness (QED) is 0.744. The predicted molar refractivity (Wildman–Crippen MR) is 92.9 cm³/mol. The summed E-state index contributed by atoms with van der Waals surface area (Å²) in [5.74, 6) is 1.38. The first-order chi connectivity index (χ1) is 12.7. The second kappa shape index (κ2) is 7.59. The molecule has 2 N–H and O–H groups in total. The van der Waals surface area contributed by atoms with E-state index in [9.17, 15) is 4.79 Å². The van der Waals surface area contributed by atoms with Gasteiger partial charge >= 0.3 is 0 Å². The molecule has 2 aromatic heterocycles. The van der Waals surface area contributed by atoms with Gasteiger partial charge in [0.1, 0.15) is 5.76 Å². The first-order valence-corrected chi connectivity index (χ1v) is 9.27. The third-order valence-corrected chi connectivity index (χ3v) is 5.58. The molecule has 5 rings (SSSR count). The van der Waals surface area contributed by atoms with Gasteiger partial charge in [0, 0.05) is 31.8 Å². The number of fused-ring (bicyclic) bond motifs is 3. The molecule has 0 saturated carbocycles. The largest absolute Gasteiger partial charge is 0.467 e. The molecule has 1 amide bonds. The normalized spacial score (nSPS) is 27.6. The Labute approximate surface area is 152 Å². The molecule has 0 radical (unpaired) electrons. The lowest BCUT2D eigenvalue weighted by atomic mass is 9.75. The third kappa shape index (κ3) is 3.66. The number of amides is 1. The molecule has 3 fully saturated rings. The highest BCUT2D eigenvalue weighted by atomic mass is 16.3. The number of carbonyl (C=O) groups is 1. The number of hydrogen-bond donors (Lipinski definition) is 2. The number of nitrogens with zero attached hydrogens (tertiary/aromatic N) is 4. The van der Waals surface area contributed by atoms with Gasteiger partial charge in [0.05, 0.1) is 31.0 Å². The van der Waals surface area contributed by atoms with Gasteiger partial charge in [-0.2, -0.15) is 0 Å². The van der Waals surface area contributed by atoms with Gasteiger partial charge in [-0.25, -0.2) is 0 Å². The Kier molecular flexibility index (Phi) is 5.03. The molecule has 2 aromatic rings. The van der Waals surface area contributed by atoms with Gasteiger partial charge in [-0.1, -0.05) is 5.21 Å². The highest BCUT2D eigenvalue weighted by Crippen LogP contribution is 2.36. The van der Waals surface area contributed by atoms with Gasteiger partial charge in [0.2, 0.25) is 5.91 Å². The number of carbonyl (C=O) groups excluding carboxylic acids is 1. The van der Waals surface area contributed by atoms with Gasteiger partial charge in [0.15, 0.2) is 0 Å². The number of nitrogens with one attached hydrogen (secondary N) is 1. The minimum atomic E-state index is 0.0515. The van der Waals surface area contributed by atoms with Crippen LogP contribution < -0.4 is 5.32 Å². The van der Waals surface area contributed by atoms with Crippen LogP contribution in [0.1, 0.15) is 24.3 Å². The molecule has 8 nitrogen and oxygen atoms in total. The summed E-state index contributed by atoms with van der Waals surface area (Å²) in [4.78, 5) is 15.0. The molecule has 0 aliphatic carbocycles. The molecule has 140 valence electrons. The maximum Gasteiger partial charge on any atom is 0.225 e. The lowest BCUT2D eigenvalue weighted by Crippen LogP contribution is -2.57. The van der Waals surface area contributed by atoms with Crippen LogP contribution >= 0.6 is 0 Å². The molecule has 2 bridgehead atoms. The zero-order valence-corrected chi connectivity index (χ0v) is 14.8. The Morgan fingerprint density at radius 3 is 3.12 bits per heavy atom. The van der Waals surface area contributed by atoms with E-state index in [1.165, 1.54) is 0 Å². The van der Waals surface area contributed by atoms with Crippen molar-refractivity contribution in [3.63, 3.8) is 0 Å². The van der Waals surface area contributed by atoms with E-state index in [2.05, 4.69) is 20.5 Å². The van der Waals surface area contributed by atoms with Crippen molar-refractivity contribution in [2.45, 2.75) is 38.4 Å². The van der Waals surface area contributed by atoms with Crippen LogP contribution in [-0.4, -0.2) is 56.6 Å². The number of furan rings is 1. The van der Waals surface area contributed by atoms with Crippen molar-refractivity contribution in [3.05, 3.63) is 36.0 Å². The summed E-state index contributed by atoms with van der Waals surface area (Å²) in [6.07, 6.45) is 6.15. The average molecular weight is 359 g/mol. The molecule has 1 unspecified atom stereocenters. The van der Waals surface area contributed by atoms with E-state index in [0.717, 1.165) is 43.9 Å². The Hall–Kier alpha value is -2.19. The monoisotopic (exact) mass is 359 g/mol. The van der Waals surface area contributed by atoms with Gasteiger partial charge in [-0.05, 0) is 37.4 Å². The van der Waals surface area contributed by atoms with Gasteiger partial charge < -0.3 is 14.8 Å². The second-order valence-corrected chi connectivity index (χ2v) is 7.24. The number of rotatable bonds is 7. The number of aliphatic hydroxyl groups excluding tert-OH is 1. The highest BCUT2D eigenvalue weighted by molar-refractivity contribution is 5.79. The Balaban J connectivity index is 1.32. The van der Waals surface area contributed by atoms with E-state index in [1.807, 2.05) is 23.0 Å². The Morgan fingerprint density at radius 1 is 1.46 bits per heavy atom. The van der Waals surface area contributed by atoms with Crippen LogP contribution in [0, 0.1) is 11.8 Å². The maximum absolute atomic E-state index is 12.6. The number of aromatic nitrogens is 3. The number of hydrogen-bond acceptors (Lipinski definition) is 6. The Morgan fingerprint density at radius 2 is 2.38 bits per heavy atom. The zero-order valence-electron chi connectivity index (χ0n) is 14.8. The summed E-state index contributed by atoms with van der Waals surface area (Å²) in [6, 6.07) is 4.10. The van der Waals surface area contributed by atoms with Gasteiger partial charge in [-0.3, -0.25) is 14.4 Å². The molecule has 3 aliphatic heterocycles. The van der Waals surface area contributed by atoms with Gasteiger partial charge in [0.25, 0.3) is 0 Å². The zero-order chi connectivity index (χ0) is 17.9. The summed E-state index contributed by atoms with van der Waals surface area (Å²) in [7, 11) is 0. The van der Waals surface area contributed by atoms with Crippen LogP contribution in [0.4, 0.5) is 0 Å². The summed E-state index contributed by atoms with van der Waals surface area (Å²) < 4.78 is 7.14. The molecule has 3 aliphatic rings. The van der Waals surface area contributed by atoms with Crippen LogP contribution in [0.3, 0.4) is 0 Å². The average Bonchev–Trinajstić information content (AvgIpc) is 3.33. The van der Waals surface area contributed by atoms with E-state index in [0.29, 0.717) is 24.9 Å². The van der Waals surface area contributed by atoms with Crippen molar-refractivity contribution in [1.82, 2.24) is 25.2 Å². The topological polar surface area (TPSA) is 96.4 Å². The highest BCUT2D eigenvalue weighted by Gasteiger charge is 2.43. The maximum atomic E-state index is 12.6. The predicted octanol–water partition coefficient (Wildman–Crippen LogP) is 0.433. The van der Waals surface area contributed by atoms with Crippen molar-refractivity contribution in [2.75, 3.05) is 19.7 Å². The summed E-state index contributed by atoms with van der Waals surface area (Å²) in [5.41, 5.74) is 0.818. The minimum absolute atomic E-state index is 0.0515.